The average molecular weight is 323 g/mol. The minimum atomic E-state index is -0.458. The Bertz CT molecular complexity index is 387. The van der Waals surface area contributed by atoms with Gasteiger partial charge in [0.1, 0.15) is 0 Å². The molecule has 2 nitrogen and oxygen atoms in total. The predicted octanol–water partition coefficient (Wildman–Crippen LogP) is 4.41. The topological polar surface area (TPSA) is 30.0 Å². The van der Waals surface area contributed by atoms with Gasteiger partial charge in [0.2, 0.25) is 0 Å². The van der Waals surface area contributed by atoms with Crippen molar-refractivity contribution in [2.75, 3.05) is 0 Å². The van der Waals surface area contributed by atoms with Crippen molar-refractivity contribution in [1.29, 1.82) is 0 Å². The normalized spacial score (nSPS) is 17.6. The number of halogens is 2. The third-order valence-corrected chi connectivity index (χ3v) is 5.14. The SMILES string of the molecule is O=C(Cl)c1nc(CC2CCCCC2)c(Br)s1. The van der Waals surface area contributed by atoms with E-state index in [0.717, 1.165) is 21.8 Å². The molecular formula is C11H13BrClNOS. The fourth-order valence-electron chi connectivity index (χ4n) is 2.21. The van der Waals surface area contributed by atoms with Gasteiger partial charge >= 0.3 is 0 Å². The average Bonchev–Trinajstić information content (AvgIpc) is 2.62. The van der Waals surface area contributed by atoms with Gasteiger partial charge in [-0.2, -0.15) is 0 Å². The van der Waals surface area contributed by atoms with Crippen LogP contribution in [0, 0.1) is 5.92 Å². The monoisotopic (exact) mass is 321 g/mol. The van der Waals surface area contributed by atoms with Crippen molar-refractivity contribution >= 4 is 44.1 Å². The maximum absolute atomic E-state index is 11.0. The molecule has 0 saturated heterocycles. The highest BCUT2D eigenvalue weighted by Crippen LogP contribution is 2.32. The Kier molecular flexibility index (Phi) is 4.39. The first kappa shape index (κ1) is 12.5. The molecule has 0 atom stereocenters. The number of nitrogens with zero attached hydrogens (tertiary/aromatic N) is 1. The lowest BCUT2D eigenvalue weighted by Crippen LogP contribution is -2.09. The zero-order valence-corrected chi connectivity index (χ0v) is 12.0. The van der Waals surface area contributed by atoms with E-state index >= 15 is 0 Å². The molecule has 0 radical (unpaired) electrons. The van der Waals surface area contributed by atoms with Gasteiger partial charge in [-0.25, -0.2) is 4.98 Å². The summed E-state index contributed by atoms with van der Waals surface area (Å²) in [5.41, 5.74) is 1.00. The third-order valence-electron chi connectivity index (χ3n) is 3.02. The molecule has 0 bridgehead atoms. The maximum atomic E-state index is 11.0. The van der Waals surface area contributed by atoms with Gasteiger partial charge in [0.15, 0.2) is 5.01 Å². The van der Waals surface area contributed by atoms with Crippen LogP contribution in [0.4, 0.5) is 0 Å². The number of carbonyl (C=O) groups excluding carboxylic acids is 1. The molecule has 16 heavy (non-hydrogen) atoms. The number of hydrogen-bond donors (Lipinski definition) is 0. The van der Waals surface area contributed by atoms with Gasteiger partial charge in [0, 0.05) is 0 Å². The molecule has 2 rings (SSSR count). The Morgan fingerprint density at radius 2 is 2.12 bits per heavy atom. The van der Waals surface area contributed by atoms with Crippen LogP contribution < -0.4 is 0 Å². The first-order valence-corrected chi connectivity index (χ1v) is 7.50. The summed E-state index contributed by atoms with van der Waals surface area (Å²) in [6.45, 7) is 0. The lowest BCUT2D eigenvalue weighted by molar-refractivity contribution is 0.108. The lowest BCUT2D eigenvalue weighted by atomic mass is 9.86. The molecule has 0 aliphatic heterocycles. The van der Waals surface area contributed by atoms with E-state index in [1.165, 1.54) is 43.4 Å². The summed E-state index contributed by atoms with van der Waals surface area (Å²) in [4.78, 5) is 15.3. The first-order valence-electron chi connectivity index (χ1n) is 5.52. The molecule has 1 aromatic heterocycles. The fraction of sp³-hybridized carbons (Fsp3) is 0.636. The summed E-state index contributed by atoms with van der Waals surface area (Å²) < 4.78 is 0.960. The van der Waals surface area contributed by atoms with Gasteiger partial charge in [0.25, 0.3) is 5.24 Å². The highest BCUT2D eigenvalue weighted by Gasteiger charge is 2.19. The van der Waals surface area contributed by atoms with E-state index in [1.807, 2.05) is 0 Å². The molecule has 88 valence electrons. The predicted molar refractivity (Wildman–Crippen MR) is 70.3 cm³/mol. The van der Waals surface area contributed by atoms with E-state index in [-0.39, 0.29) is 0 Å². The van der Waals surface area contributed by atoms with Crippen LogP contribution >= 0.6 is 38.9 Å². The number of rotatable bonds is 3. The smallest absolute Gasteiger partial charge is 0.273 e. The molecular weight excluding hydrogens is 310 g/mol. The van der Waals surface area contributed by atoms with Crippen LogP contribution in [0.5, 0.6) is 0 Å². The lowest BCUT2D eigenvalue weighted by Gasteiger charge is -2.20. The van der Waals surface area contributed by atoms with Gasteiger partial charge in [-0.15, -0.1) is 11.3 Å². The second-order valence-electron chi connectivity index (χ2n) is 4.22. The zero-order chi connectivity index (χ0) is 11.5. The summed E-state index contributed by atoms with van der Waals surface area (Å²) in [5.74, 6) is 0.727. The van der Waals surface area contributed by atoms with E-state index < -0.39 is 5.24 Å². The molecule has 1 fully saturated rings. The van der Waals surface area contributed by atoms with Crippen molar-refractivity contribution in [1.82, 2.24) is 4.98 Å². The third kappa shape index (κ3) is 3.05. The maximum Gasteiger partial charge on any atom is 0.281 e. The van der Waals surface area contributed by atoms with Crippen LogP contribution in [-0.4, -0.2) is 10.2 Å². The number of aromatic nitrogens is 1. The van der Waals surface area contributed by atoms with E-state index in [2.05, 4.69) is 20.9 Å². The Hall–Kier alpha value is 0.0700. The van der Waals surface area contributed by atoms with E-state index in [4.69, 9.17) is 11.6 Å². The second-order valence-corrected chi connectivity index (χ2v) is 6.88. The van der Waals surface area contributed by atoms with Crippen molar-refractivity contribution in [2.24, 2.45) is 5.92 Å². The highest BCUT2D eigenvalue weighted by atomic mass is 79.9. The molecule has 0 aromatic carbocycles. The molecule has 1 aromatic rings. The van der Waals surface area contributed by atoms with Gasteiger partial charge in [-0.05, 0) is 39.9 Å². The zero-order valence-electron chi connectivity index (χ0n) is 8.84. The van der Waals surface area contributed by atoms with Crippen LogP contribution in [0.15, 0.2) is 3.79 Å². The fourth-order valence-corrected chi connectivity index (χ4v) is 3.73. The van der Waals surface area contributed by atoms with E-state index in [0.29, 0.717) is 5.01 Å². The standard InChI is InChI=1S/C11H13BrClNOS/c12-9-8(14-11(16-9)10(13)15)6-7-4-2-1-3-5-7/h7H,1-6H2. The minimum Gasteiger partial charge on any atom is -0.273 e. The molecule has 1 saturated carbocycles. The summed E-state index contributed by atoms with van der Waals surface area (Å²) >= 11 is 10.2. The van der Waals surface area contributed by atoms with E-state index in [9.17, 15) is 4.79 Å². The van der Waals surface area contributed by atoms with Crippen LogP contribution in [0.25, 0.3) is 0 Å². The van der Waals surface area contributed by atoms with E-state index in [1.54, 1.807) is 0 Å². The molecule has 0 spiro atoms. The minimum absolute atomic E-state index is 0.402. The Morgan fingerprint density at radius 1 is 1.44 bits per heavy atom. The molecule has 1 aliphatic carbocycles. The number of carbonyl (C=O) groups is 1. The Balaban J connectivity index is 2.05. The highest BCUT2D eigenvalue weighted by molar-refractivity contribution is 9.11. The van der Waals surface area contributed by atoms with Gasteiger partial charge in [0.05, 0.1) is 9.48 Å². The summed E-state index contributed by atoms with van der Waals surface area (Å²) in [6, 6.07) is 0. The van der Waals surface area contributed by atoms with Crippen molar-refractivity contribution in [3.05, 3.63) is 14.5 Å². The van der Waals surface area contributed by atoms with Gasteiger partial charge in [-0.3, -0.25) is 4.79 Å². The molecule has 1 heterocycles. The van der Waals surface area contributed by atoms with Crippen molar-refractivity contribution in [3.8, 4) is 0 Å². The summed E-state index contributed by atoms with van der Waals surface area (Å²) in [6.07, 6.45) is 7.56. The molecule has 1 aliphatic rings. The Labute approximate surface area is 113 Å². The second kappa shape index (κ2) is 5.61. The largest absolute Gasteiger partial charge is 0.281 e. The molecule has 5 heteroatoms. The van der Waals surface area contributed by atoms with Crippen molar-refractivity contribution in [2.45, 2.75) is 38.5 Å². The van der Waals surface area contributed by atoms with Gasteiger partial charge in [-0.1, -0.05) is 32.1 Å². The van der Waals surface area contributed by atoms with Crippen molar-refractivity contribution < 1.29 is 4.79 Å². The Morgan fingerprint density at radius 3 is 2.69 bits per heavy atom. The summed E-state index contributed by atoms with van der Waals surface area (Å²) in [7, 11) is 0. The summed E-state index contributed by atoms with van der Waals surface area (Å²) in [5, 5.41) is -0.0556. The molecule has 0 unspecified atom stereocenters. The van der Waals surface area contributed by atoms with Crippen molar-refractivity contribution in [3.63, 3.8) is 0 Å². The van der Waals surface area contributed by atoms with Crippen LogP contribution in [0.3, 0.4) is 0 Å². The van der Waals surface area contributed by atoms with Crippen LogP contribution in [-0.2, 0) is 6.42 Å². The quantitative estimate of drug-likeness (QED) is 0.772. The van der Waals surface area contributed by atoms with Gasteiger partial charge < -0.3 is 0 Å². The molecule has 0 amide bonds. The number of hydrogen-bond acceptors (Lipinski definition) is 3. The van der Waals surface area contributed by atoms with Crippen LogP contribution in [0.2, 0.25) is 0 Å². The number of thiazole rings is 1. The first-order chi connectivity index (χ1) is 7.66. The van der Waals surface area contributed by atoms with Crippen LogP contribution in [0.1, 0.15) is 47.6 Å². The molecule has 0 N–H and O–H groups in total.